The summed E-state index contributed by atoms with van der Waals surface area (Å²) in [7, 11) is 1.52. The third kappa shape index (κ3) is 2.95. The maximum absolute atomic E-state index is 12.9. The summed E-state index contributed by atoms with van der Waals surface area (Å²) in [6, 6.07) is 6.99. The second-order valence-corrected chi connectivity index (χ2v) is 8.89. The summed E-state index contributed by atoms with van der Waals surface area (Å²) in [5, 5.41) is 0. The van der Waals surface area contributed by atoms with Gasteiger partial charge in [-0.2, -0.15) is 0 Å². The first-order valence-electron chi connectivity index (χ1n) is 8.95. The summed E-state index contributed by atoms with van der Waals surface area (Å²) in [5.41, 5.74) is -0.0375. The average molecular weight is 363 g/mol. The third-order valence-electron chi connectivity index (χ3n) is 6.16. The van der Waals surface area contributed by atoms with Crippen LogP contribution in [0.2, 0.25) is 0 Å². The zero-order valence-corrected chi connectivity index (χ0v) is 15.2. The Morgan fingerprint density at radius 3 is 2.48 bits per heavy atom. The average Bonchev–Trinajstić information content (AvgIpc) is 2.57. The van der Waals surface area contributed by atoms with Crippen molar-refractivity contribution in [1.29, 1.82) is 0 Å². The number of benzene rings is 1. The van der Waals surface area contributed by atoms with E-state index in [1.807, 2.05) is 0 Å². The standard InChI is InChI=1S/C20H23ClO4/c1-24-17-5-3-2-4-15(17)16(22)11-25-18(23)19-7-13-6-14(8-19)10-20(21,9-13)12-19/h2-5,13-14H,6-12H2,1H3/t13-,14+,19?,20?. The number of esters is 1. The highest BCUT2D eigenvalue weighted by molar-refractivity contribution is 6.24. The number of para-hydroxylation sites is 1. The predicted molar refractivity (Wildman–Crippen MR) is 94.0 cm³/mol. The van der Waals surface area contributed by atoms with Gasteiger partial charge in [-0.3, -0.25) is 9.59 Å². The van der Waals surface area contributed by atoms with Gasteiger partial charge >= 0.3 is 5.97 Å². The van der Waals surface area contributed by atoms with E-state index in [1.54, 1.807) is 24.3 Å². The van der Waals surface area contributed by atoms with Gasteiger partial charge in [0.25, 0.3) is 0 Å². The first-order valence-corrected chi connectivity index (χ1v) is 9.33. The molecule has 0 amide bonds. The molecule has 4 aliphatic rings. The summed E-state index contributed by atoms with van der Waals surface area (Å²) < 4.78 is 10.7. The SMILES string of the molecule is COc1ccccc1C(=O)COC(=O)C12C[C@@H]3C[C@@H](CC(Cl)(C3)C1)C2. The highest BCUT2D eigenvalue weighted by Crippen LogP contribution is 2.64. The molecule has 4 fully saturated rings. The van der Waals surface area contributed by atoms with Crippen molar-refractivity contribution < 1.29 is 19.1 Å². The van der Waals surface area contributed by atoms with E-state index in [4.69, 9.17) is 21.1 Å². The predicted octanol–water partition coefficient (Wildman–Crippen LogP) is 4.00. The number of ketones is 1. The maximum Gasteiger partial charge on any atom is 0.312 e. The number of hydrogen-bond acceptors (Lipinski definition) is 4. The molecule has 0 N–H and O–H groups in total. The molecule has 5 heteroatoms. The summed E-state index contributed by atoms with van der Waals surface area (Å²) >= 11 is 6.77. The topological polar surface area (TPSA) is 52.6 Å². The Morgan fingerprint density at radius 1 is 1.16 bits per heavy atom. The largest absolute Gasteiger partial charge is 0.496 e. The van der Waals surface area contributed by atoms with E-state index < -0.39 is 5.41 Å². The molecule has 5 rings (SSSR count). The van der Waals surface area contributed by atoms with Gasteiger partial charge in [-0.15, -0.1) is 11.6 Å². The van der Waals surface area contributed by atoms with Gasteiger partial charge in [-0.25, -0.2) is 0 Å². The molecule has 4 atom stereocenters. The Kier molecular flexibility index (Phi) is 4.06. The Hall–Kier alpha value is -1.55. The van der Waals surface area contributed by atoms with E-state index in [-0.39, 0.29) is 23.2 Å². The number of methoxy groups -OCH3 is 1. The van der Waals surface area contributed by atoms with Crippen LogP contribution in [0.25, 0.3) is 0 Å². The molecule has 0 spiro atoms. The second kappa shape index (κ2) is 6.01. The number of hydrogen-bond donors (Lipinski definition) is 0. The molecule has 4 saturated carbocycles. The highest BCUT2D eigenvalue weighted by Gasteiger charge is 2.60. The summed E-state index contributed by atoms with van der Waals surface area (Å²) in [4.78, 5) is 25.1. The van der Waals surface area contributed by atoms with Crippen LogP contribution in [0.3, 0.4) is 0 Å². The van der Waals surface area contributed by atoms with E-state index in [0.717, 1.165) is 25.7 Å². The summed E-state index contributed by atoms with van der Waals surface area (Å²) in [6.45, 7) is -0.244. The Labute approximate surface area is 152 Å². The number of carbonyl (C=O) groups is 2. The highest BCUT2D eigenvalue weighted by atomic mass is 35.5. The molecule has 1 aromatic rings. The molecule has 0 aromatic heterocycles. The van der Waals surface area contributed by atoms with E-state index in [9.17, 15) is 9.59 Å². The van der Waals surface area contributed by atoms with E-state index >= 15 is 0 Å². The number of ether oxygens (including phenoxy) is 2. The van der Waals surface area contributed by atoms with Gasteiger partial charge in [0.2, 0.25) is 5.78 Å². The number of halogens is 1. The minimum atomic E-state index is -0.479. The lowest BCUT2D eigenvalue weighted by molar-refractivity contribution is -0.168. The van der Waals surface area contributed by atoms with Gasteiger partial charge in [-0.05, 0) is 62.5 Å². The molecule has 1 aromatic carbocycles. The van der Waals surface area contributed by atoms with E-state index in [0.29, 0.717) is 29.6 Å². The number of rotatable bonds is 5. The van der Waals surface area contributed by atoms with Gasteiger partial charge in [0, 0.05) is 4.87 Å². The quantitative estimate of drug-likeness (QED) is 0.451. The van der Waals surface area contributed by atoms with Gasteiger partial charge in [0.15, 0.2) is 6.61 Å². The van der Waals surface area contributed by atoms with Crippen LogP contribution in [0, 0.1) is 17.3 Å². The van der Waals surface area contributed by atoms with Crippen LogP contribution in [0.1, 0.15) is 48.9 Å². The van der Waals surface area contributed by atoms with Crippen molar-refractivity contribution in [3.05, 3.63) is 29.8 Å². The Morgan fingerprint density at radius 2 is 1.84 bits per heavy atom. The smallest absolute Gasteiger partial charge is 0.312 e. The molecule has 4 bridgehead atoms. The van der Waals surface area contributed by atoms with Crippen molar-refractivity contribution in [2.24, 2.45) is 17.3 Å². The maximum atomic E-state index is 12.9. The van der Waals surface area contributed by atoms with Crippen LogP contribution in [-0.2, 0) is 9.53 Å². The first-order chi connectivity index (χ1) is 11.9. The molecule has 4 nitrogen and oxygen atoms in total. The van der Waals surface area contributed by atoms with Gasteiger partial charge < -0.3 is 9.47 Å². The first kappa shape index (κ1) is 16.9. The lowest BCUT2D eigenvalue weighted by atomic mass is 9.49. The van der Waals surface area contributed by atoms with E-state index in [1.165, 1.54) is 13.5 Å². The van der Waals surface area contributed by atoms with Crippen molar-refractivity contribution in [2.75, 3.05) is 13.7 Å². The minimum Gasteiger partial charge on any atom is -0.496 e. The summed E-state index contributed by atoms with van der Waals surface area (Å²) in [6.07, 6.45) is 5.62. The number of alkyl halides is 1. The van der Waals surface area contributed by atoms with Crippen LogP contribution in [0.4, 0.5) is 0 Å². The molecule has 134 valence electrons. The Bertz CT molecular complexity index is 699. The van der Waals surface area contributed by atoms with Crippen molar-refractivity contribution in [1.82, 2.24) is 0 Å². The third-order valence-corrected chi connectivity index (χ3v) is 6.61. The van der Waals surface area contributed by atoms with E-state index in [2.05, 4.69) is 0 Å². The molecule has 0 radical (unpaired) electrons. The monoisotopic (exact) mass is 362 g/mol. The van der Waals surface area contributed by atoms with Crippen LogP contribution in [0.5, 0.6) is 5.75 Å². The second-order valence-electron chi connectivity index (χ2n) is 8.09. The van der Waals surface area contributed by atoms with Crippen LogP contribution < -0.4 is 4.74 Å². The van der Waals surface area contributed by atoms with Crippen LogP contribution in [-0.4, -0.2) is 30.3 Å². The molecule has 4 aliphatic carbocycles. The lowest BCUT2D eigenvalue weighted by Gasteiger charge is -2.58. The van der Waals surface area contributed by atoms with Crippen LogP contribution >= 0.6 is 11.6 Å². The molecule has 0 heterocycles. The molecule has 2 unspecified atom stereocenters. The van der Waals surface area contributed by atoms with Gasteiger partial charge in [-0.1, -0.05) is 12.1 Å². The van der Waals surface area contributed by atoms with Crippen molar-refractivity contribution >= 4 is 23.4 Å². The fraction of sp³-hybridized carbons (Fsp3) is 0.600. The normalized spacial score (nSPS) is 35.4. The Balaban J connectivity index is 1.45. The molecule has 0 saturated heterocycles. The number of carbonyl (C=O) groups excluding carboxylic acids is 2. The van der Waals surface area contributed by atoms with Gasteiger partial charge in [0.1, 0.15) is 5.75 Å². The lowest BCUT2D eigenvalue weighted by Crippen LogP contribution is -2.56. The van der Waals surface area contributed by atoms with Crippen molar-refractivity contribution in [2.45, 2.75) is 43.4 Å². The molecular weight excluding hydrogens is 340 g/mol. The zero-order chi connectivity index (χ0) is 17.7. The number of Topliss-reactive ketones (excluding diaryl/α,β-unsaturated/α-hetero) is 1. The van der Waals surface area contributed by atoms with Crippen LogP contribution in [0.15, 0.2) is 24.3 Å². The zero-order valence-electron chi connectivity index (χ0n) is 14.4. The molecular formula is C20H23ClO4. The molecule has 0 aliphatic heterocycles. The fourth-order valence-corrected chi connectivity index (χ4v) is 6.32. The summed E-state index contributed by atoms with van der Waals surface area (Å²) in [5.74, 6) is 1.07. The van der Waals surface area contributed by atoms with Gasteiger partial charge in [0.05, 0.1) is 18.1 Å². The molecule has 25 heavy (non-hydrogen) atoms. The van der Waals surface area contributed by atoms with Crippen molar-refractivity contribution in [3.8, 4) is 5.75 Å². The van der Waals surface area contributed by atoms with Crippen molar-refractivity contribution in [3.63, 3.8) is 0 Å². The minimum absolute atomic E-state index is 0.240. The fourth-order valence-electron chi connectivity index (χ4n) is 5.63.